The van der Waals surface area contributed by atoms with Crippen LogP contribution >= 0.6 is 0 Å². The van der Waals surface area contributed by atoms with Crippen LogP contribution in [0.5, 0.6) is 0 Å². The monoisotopic (exact) mass is 246 g/mol. The van der Waals surface area contributed by atoms with Crippen LogP contribution in [0.1, 0.15) is 26.5 Å². The molecule has 0 saturated heterocycles. The van der Waals surface area contributed by atoms with E-state index < -0.39 is 0 Å². The summed E-state index contributed by atoms with van der Waals surface area (Å²) in [4.78, 5) is 6.90. The SMILES string of the molecule is CCN(C)c1nc2ccccn2c1CNC(C)C. The van der Waals surface area contributed by atoms with E-state index in [4.69, 9.17) is 4.98 Å². The van der Waals surface area contributed by atoms with Crippen molar-refractivity contribution in [2.45, 2.75) is 33.4 Å². The van der Waals surface area contributed by atoms with Crippen molar-refractivity contribution in [2.24, 2.45) is 0 Å². The number of aromatic nitrogens is 2. The van der Waals surface area contributed by atoms with E-state index in [1.54, 1.807) is 0 Å². The lowest BCUT2D eigenvalue weighted by Crippen LogP contribution is -2.25. The topological polar surface area (TPSA) is 32.6 Å². The van der Waals surface area contributed by atoms with Gasteiger partial charge in [-0.2, -0.15) is 0 Å². The van der Waals surface area contributed by atoms with Crippen molar-refractivity contribution in [1.82, 2.24) is 14.7 Å². The summed E-state index contributed by atoms with van der Waals surface area (Å²) in [5.41, 5.74) is 2.23. The standard InChI is InChI=1S/C14H22N4/c1-5-17(4)14-12(10-15-11(2)3)18-9-7-6-8-13(18)16-14/h6-9,11,15H,5,10H2,1-4H3. The second-order valence-corrected chi connectivity index (χ2v) is 4.86. The Morgan fingerprint density at radius 1 is 1.39 bits per heavy atom. The summed E-state index contributed by atoms with van der Waals surface area (Å²) in [5, 5.41) is 3.47. The molecule has 2 rings (SSSR count). The second kappa shape index (κ2) is 5.40. The van der Waals surface area contributed by atoms with Crippen molar-refractivity contribution in [2.75, 3.05) is 18.5 Å². The van der Waals surface area contributed by atoms with Gasteiger partial charge in [0, 0.05) is 32.4 Å². The van der Waals surface area contributed by atoms with Gasteiger partial charge in [-0.15, -0.1) is 0 Å². The van der Waals surface area contributed by atoms with Crippen molar-refractivity contribution in [3.63, 3.8) is 0 Å². The van der Waals surface area contributed by atoms with Crippen LogP contribution in [-0.4, -0.2) is 29.0 Å². The van der Waals surface area contributed by atoms with E-state index in [1.807, 2.05) is 18.2 Å². The summed E-state index contributed by atoms with van der Waals surface area (Å²) in [6.07, 6.45) is 2.08. The van der Waals surface area contributed by atoms with Gasteiger partial charge in [-0.05, 0) is 19.1 Å². The van der Waals surface area contributed by atoms with Gasteiger partial charge in [-0.25, -0.2) is 4.98 Å². The minimum Gasteiger partial charge on any atom is -0.358 e. The summed E-state index contributed by atoms with van der Waals surface area (Å²) in [7, 11) is 2.08. The molecule has 0 saturated carbocycles. The van der Waals surface area contributed by atoms with Gasteiger partial charge >= 0.3 is 0 Å². The third kappa shape index (κ3) is 2.48. The van der Waals surface area contributed by atoms with Crippen LogP contribution in [0.4, 0.5) is 5.82 Å². The van der Waals surface area contributed by atoms with Crippen molar-refractivity contribution in [3.05, 3.63) is 30.1 Å². The molecule has 0 aliphatic rings. The summed E-state index contributed by atoms with van der Waals surface area (Å²) in [6, 6.07) is 6.59. The van der Waals surface area contributed by atoms with Gasteiger partial charge in [0.25, 0.3) is 0 Å². The molecule has 0 unspecified atom stereocenters. The highest BCUT2D eigenvalue weighted by Gasteiger charge is 2.14. The molecule has 0 aliphatic carbocycles. The number of nitrogens with zero attached hydrogens (tertiary/aromatic N) is 3. The normalized spacial score (nSPS) is 11.4. The molecule has 4 nitrogen and oxygen atoms in total. The number of nitrogens with one attached hydrogen (secondary N) is 1. The zero-order valence-corrected chi connectivity index (χ0v) is 11.6. The average Bonchev–Trinajstić information content (AvgIpc) is 2.74. The van der Waals surface area contributed by atoms with Crippen LogP contribution in [0.3, 0.4) is 0 Å². The molecule has 98 valence electrons. The van der Waals surface area contributed by atoms with E-state index in [2.05, 4.69) is 48.6 Å². The molecule has 18 heavy (non-hydrogen) atoms. The second-order valence-electron chi connectivity index (χ2n) is 4.86. The lowest BCUT2D eigenvalue weighted by atomic mass is 10.3. The molecule has 0 atom stereocenters. The lowest BCUT2D eigenvalue weighted by molar-refractivity contribution is 0.579. The molecule has 0 radical (unpaired) electrons. The number of imidazole rings is 1. The number of pyridine rings is 1. The van der Waals surface area contributed by atoms with E-state index in [0.717, 1.165) is 24.6 Å². The molecule has 0 aliphatic heterocycles. The zero-order valence-electron chi connectivity index (χ0n) is 11.6. The van der Waals surface area contributed by atoms with Gasteiger partial charge < -0.3 is 14.6 Å². The highest BCUT2D eigenvalue weighted by atomic mass is 15.2. The Hall–Kier alpha value is -1.55. The molecule has 2 aromatic heterocycles. The van der Waals surface area contributed by atoms with Gasteiger partial charge in [0.2, 0.25) is 0 Å². The van der Waals surface area contributed by atoms with Crippen LogP contribution in [-0.2, 0) is 6.54 Å². The molecule has 2 aromatic rings. The van der Waals surface area contributed by atoms with Crippen molar-refractivity contribution < 1.29 is 0 Å². The van der Waals surface area contributed by atoms with Crippen LogP contribution < -0.4 is 10.2 Å². The molecule has 0 bridgehead atoms. The predicted octanol–water partition coefficient (Wildman–Crippen LogP) is 2.29. The van der Waals surface area contributed by atoms with Gasteiger partial charge in [-0.3, -0.25) is 0 Å². The van der Waals surface area contributed by atoms with E-state index in [1.165, 1.54) is 5.69 Å². The van der Waals surface area contributed by atoms with E-state index in [9.17, 15) is 0 Å². The Bertz CT molecular complexity index is 515. The lowest BCUT2D eigenvalue weighted by Gasteiger charge is -2.17. The molecule has 4 heteroatoms. The van der Waals surface area contributed by atoms with Gasteiger partial charge in [0.1, 0.15) is 5.65 Å². The first-order valence-electron chi connectivity index (χ1n) is 6.54. The molecule has 0 amide bonds. The number of anilines is 1. The number of hydrogen-bond donors (Lipinski definition) is 1. The first-order valence-corrected chi connectivity index (χ1v) is 6.54. The molecular weight excluding hydrogens is 224 g/mol. The Morgan fingerprint density at radius 3 is 2.83 bits per heavy atom. The molecule has 0 aromatic carbocycles. The number of fused-ring (bicyclic) bond motifs is 1. The Kier molecular flexibility index (Phi) is 3.87. The fourth-order valence-corrected chi connectivity index (χ4v) is 1.95. The quantitative estimate of drug-likeness (QED) is 0.878. The summed E-state index contributed by atoms with van der Waals surface area (Å²) in [6.45, 7) is 8.25. The third-order valence-electron chi connectivity index (χ3n) is 3.12. The Balaban J connectivity index is 2.44. The maximum absolute atomic E-state index is 4.71. The molecule has 0 fully saturated rings. The molecule has 1 N–H and O–H groups in total. The van der Waals surface area contributed by atoms with E-state index in [-0.39, 0.29) is 0 Å². The minimum atomic E-state index is 0.471. The van der Waals surface area contributed by atoms with E-state index in [0.29, 0.717) is 6.04 Å². The van der Waals surface area contributed by atoms with Crippen molar-refractivity contribution >= 4 is 11.5 Å². The van der Waals surface area contributed by atoms with Crippen LogP contribution in [0.25, 0.3) is 5.65 Å². The highest BCUT2D eigenvalue weighted by Crippen LogP contribution is 2.20. The molecular formula is C14H22N4. The van der Waals surface area contributed by atoms with Gasteiger partial charge in [-0.1, -0.05) is 19.9 Å². The maximum atomic E-state index is 4.71. The smallest absolute Gasteiger partial charge is 0.152 e. The van der Waals surface area contributed by atoms with Crippen molar-refractivity contribution in [1.29, 1.82) is 0 Å². The highest BCUT2D eigenvalue weighted by molar-refractivity contribution is 5.55. The summed E-state index contributed by atoms with van der Waals surface area (Å²) in [5.74, 6) is 1.07. The van der Waals surface area contributed by atoms with Gasteiger partial charge in [0.15, 0.2) is 5.82 Å². The van der Waals surface area contributed by atoms with Crippen LogP contribution in [0.2, 0.25) is 0 Å². The summed E-state index contributed by atoms with van der Waals surface area (Å²) < 4.78 is 2.16. The number of hydrogen-bond acceptors (Lipinski definition) is 3. The minimum absolute atomic E-state index is 0.471. The predicted molar refractivity (Wildman–Crippen MR) is 76.1 cm³/mol. The molecule has 0 spiro atoms. The van der Waals surface area contributed by atoms with Crippen molar-refractivity contribution in [3.8, 4) is 0 Å². The fourth-order valence-electron chi connectivity index (χ4n) is 1.95. The first kappa shape index (κ1) is 12.9. The Morgan fingerprint density at radius 2 is 2.17 bits per heavy atom. The average molecular weight is 246 g/mol. The first-order chi connectivity index (χ1) is 8.63. The zero-order chi connectivity index (χ0) is 13.1. The van der Waals surface area contributed by atoms with Crippen LogP contribution in [0.15, 0.2) is 24.4 Å². The third-order valence-corrected chi connectivity index (χ3v) is 3.12. The number of rotatable bonds is 5. The maximum Gasteiger partial charge on any atom is 0.152 e. The summed E-state index contributed by atoms with van der Waals surface area (Å²) >= 11 is 0. The van der Waals surface area contributed by atoms with Crippen LogP contribution in [0, 0.1) is 0 Å². The Labute approximate surface area is 109 Å². The largest absolute Gasteiger partial charge is 0.358 e. The molecule has 2 heterocycles. The van der Waals surface area contributed by atoms with Gasteiger partial charge in [0.05, 0.1) is 5.69 Å². The van der Waals surface area contributed by atoms with E-state index >= 15 is 0 Å². The fraction of sp³-hybridized carbons (Fsp3) is 0.500.